The van der Waals surface area contributed by atoms with Gasteiger partial charge in [0, 0.05) is 24.2 Å². The minimum Gasteiger partial charge on any atom is -0.392 e. The van der Waals surface area contributed by atoms with Crippen LogP contribution in [0.1, 0.15) is 40.2 Å². The number of anilines is 1. The number of aromatic nitrogens is 4. The number of aliphatic hydroxyl groups is 1. The number of hydrogen-bond acceptors (Lipinski definition) is 7. The highest BCUT2D eigenvalue weighted by Crippen LogP contribution is 2.28. The fraction of sp³-hybridized carbons (Fsp3) is 0.400. The second kappa shape index (κ2) is 7.29. The number of rotatable bonds is 4. The predicted octanol–water partition coefficient (Wildman–Crippen LogP) is 1.78. The van der Waals surface area contributed by atoms with Crippen LogP contribution in [-0.4, -0.2) is 49.5 Å². The Kier molecular flexibility index (Phi) is 4.59. The van der Waals surface area contributed by atoms with E-state index >= 15 is 0 Å². The standard InChI is InChI=1S/C20H21FN6O3/c1-10-2-3-11(18-25-20(30-26-18)15-6-13(28)7-22-15)4-14(10)24-19(29)16-8-23-17-5-12(21)9-27(16)17/h2-4,8,12-13,15,22,28H,5-7,9H2,1H3,(H,24,29)/t12?,13-,15+/m1/s1. The van der Waals surface area contributed by atoms with Gasteiger partial charge in [-0.15, -0.1) is 0 Å². The normalized spacial score (nSPS) is 23.0. The largest absolute Gasteiger partial charge is 0.392 e. The van der Waals surface area contributed by atoms with Crippen molar-refractivity contribution in [1.82, 2.24) is 25.0 Å². The Morgan fingerprint density at radius 3 is 3.10 bits per heavy atom. The molecule has 0 radical (unpaired) electrons. The maximum absolute atomic E-state index is 13.6. The molecule has 30 heavy (non-hydrogen) atoms. The molecule has 0 aliphatic carbocycles. The fourth-order valence-electron chi connectivity index (χ4n) is 3.90. The van der Waals surface area contributed by atoms with E-state index in [-0.39, 0.29) is 24.9 Å². The highest BCUT2D eigenvalue weighted by molar-refractivity contribution is 6.03. The van der Waals surface area contributed by atoms with Crippen LogP contribution in [0.5, 0.6) is 0 Å². The lowest BCUT2D eigenvalue weighted by molar-refractivity contribution is 0.101. The van der Waals surface area contributed by atoms with Gasteiger partial charge in [-0.3, -0.25) is 4.79 Å². The van der Waals surface area contributed by atoms with Crippen molar-refractivity contribution in [3.63, 3.8) is 0 Å². The van der Waals surface area contributed by atoms with Crippen molar-refractivity contribution in [2.24, 2.45) is 0 Å². The summed E-state index contributed by atoms with van der Waals surface area (Å²) in [6.45, 7) is 2.51. The van der Waals surface area contributed by atoms with E-state index in [1.54, 1.807) is 10.6 Å². The topological polar surface area (TPSA) is 118 Å². The first-order chi connectivity index (χ1) is 14.5. The SMILES string of the molecule is Cc1ccc(-c2noc([C@@H]3C[C@@H](O)CN3)n2)cc1NC(=O)c1cnc2n1CC(F)C2. The van der Waals surface area contributed by atoms with Gasteiger partial charge in [-0.25, -0.2) is 9.37 Å². The lowest BCUT2D eigenvalue weighted by Crippen LogP contribution is -2.18. The van der Waals surface area contributed by atoms with Gasteiger partial charge in [0.05, 0.1) is 24.9 Å². The van der Waals surface area contributed by atoms with Gasteiger partial charge in [0.2, 0.25) is 11.7 Å². The Morgan fingerprint density at radius 1 is 1.43 bits per heavy atom. The van der Waals surface area contributed by atoms with E-state index in [2.05, 4.69) is 25.8 Å². The average molecular weight is 412 g/mol. The van der Waals surface area contributed by atoms with E-state index in [0.29, 0.717) is 47.4 Å². The third-order valence-corrected chi connectivity index (χ3v) is 5.55. The maximum atomic E-state index is 13.6. The average Bonchev–Trinajstić information content (AvgIpc) is 3.47. The quantitative estimate of drug-likeness (QED) is 0.598. The minimum absolute atomic E-state index is 0.145. The van der Waals surface area contributed by atoms with E-state index in [1.807, 2.05) is 19.1 Å². The van der Waals surface area contributed by atoms with Gasteiger partial charge in [-0.2, -0.15) is 4.98 Å². The van der Waals surface area contributed by atoms with Crippen LogP contribution in [0, 0.1) is 6.92 Å². The molecule has 156 valence electrons. The molecule has 4 heterocycles. The molecular formula is C20H21FN6O3. The van der Waals surface area contributed by atoms with E-state index in [4.69, 9.17) is 4.52 Å². The number of alkyl halides is 1. The van der Waals surface area contributed by atoms with Crippen LogP contribution in [0.4, 0.5) is 10.1 Å². The van der Waals surface area contributed by atoms with Crippen LogP contribution in [-0.2, 0) is 13.0 Å². The number of aryl methyl sites for hydroxylation is 1. The number of nitrogens with zero attached hydrogens (tertiary/aromatic N) is 4. The molecule has 3 aromatic rings. The molecule has 2 aromatic heterocycles. The van der Waals surface area contributed by atoms with Crippen molar-refractivity contribution in [1.29, 1.82) is 0 Å². The van der Waals surface area contributed by atoms with Crippen LogP contribution >= 0.6 is 0 Å². The van der Waals surface area contributed by atoms with Crippen LogP contribution in [0.25, 0.3) is 11.4 Å². The smallest absolute Gasteiger partial charge is 0.273 e. The number of carbonyl (C=O) groups excluding carboxylic acids is 1. The summed E-state index contributed by atoms with van der Waals surface area (Å²) in [6.07, 6.45) is 0.795. The summed E-state index contributed by atoms with van der Waals surface area (Å²) in [5.74, 6) is 1.06. The number of benzene rings is 1. The van der Waals surface area contributed by atoms with Crippen LogP contribution in [0.3, 0.4) is 0 Å². The first kappa shape index (κ1) is 18.9. The molecule has 5 rings (SSSR count). The Balaban J connectivity index is 1.37. The molecule has 0 spiro atoms. The fourth-order valence-corrected chi connectivity index (χ4v) is 3.90. The van der Waals surface area contributed by atoms with Gasteiger partial charge in [0.1, 0.15) is 17.7 Å². The highest BCUT2D eigenvalue weighted by atomic mass is 19.1. The number of amides is 1. The first-order valence-corrected chi connectivity index (χ1v) is 9.84. The van der Waals surface area contributed by atoms with Gasteiger partial charge >= 0.3 is 0 Å². The second-order valence-corrected chi connectivity index (χ2v) is 7.76. The second-order valence-electron chi connectivity index (χ2n) is 7.76. The number of halogens is 1. The molecule has 3 atom stereocenters. The summed E-state index contributed by atoms with van der Waals surface area (Å²) >= 11 is 0. The summed E-state index contributed by atoms with van der Waals surface area (Å²) in [4.78, 5) is 21.4. The molecule has 0 saturated carbocycles. The van der Waals surface area contributed by atoms with E-state index in [0.717, 1.165) is 5.56 Å². The molecule has 3 N–H and O–H groups in total. The number of nitrogens with one attached hydrogen (secondary N) is 2. The zero-order chi connectivity index (χ0) is 20.8. The molecule has 1 saturated heterocycles. The monoisotopic (exact) mass is 412 g/mol. The third-order valence-electron chi connectivity index (χ3n) is 5.55. The number of carbonyl (C=O) groups is 1. The first-order valence-electron chi connectivity index (χ1n) is 9.84. The molecule has 9 nitrogen and oxygen atoms in total. The van der Waals surface area contributed by atoms with Gasteiger partial charge in [-0.1, -0.05) is 17.3 Å². The number of hydrogen-bond donors (Lipinski definition) is 3. The summed E-state index contributed by atoms with van der Waals surface area (Å²) in [5, 5.41) is 19.7. The number of fused-ring (bicyclic) bond motifs is 1. The van der Waals surface area contributed by atoms with Crippen molar-refractivity contribution in [3.05, 3.63) is 47.4 Å². The Labute approximate surface area is 171 Å². The lowest BCUT2D eigenvalue weighted by atomic mass is 10.1. The van der Waals surface area contributed by atoms with Crippen LogP contribution in [0.15, 0.2) is 28.9 Å². The van der Waals surface area contributed by atoms with Gasteiger partial charge in [0.25, 0.3) is 5.91 Å². The maximum Gasteiger partial charge on any atom is 0.273 e. The molecule has 1 aromatic carbocycles. The highest BCUT2D eigenvalue weighted by Gasteiger charge is 2.29. The third kappa shape index (κ3) is 3.37. The molecule has 10 heteroatoms. The van der Waals surface area contributed by atoms with Crippen molar-refractivity contribution in [2.45, 2.75) is 44.6 Å². The number of β-amino-alcohol motifs (C(OH)–C–C–N with tert-alkyl or cyclic N) is 1. The van der Waals surface area contributed by atoms with Gasteiger partial charge < -0.3 is 24.8 Å². The Bertz CT molecular complexity index is 1110. The van der Waals surface area contributed by atoms with Gasteiger partial charge in [0.15, 0.2) is 0 Å². The molecule has 0 bridgehead atoms. The minimum atomic E-state index is -1.01. The van der Waals surface area contributed by atoms with E-state index in [1.165, 1.54) is 6.20 Å². The molecular weight excluding hydrogens is 391 g/mol. The number of aliphatic hydroxyl groups excluding tert-OH is 1. The predicted molar refractivity (Wildman–Crippen MR) is 105 cm³/mol. The molecule has 1 unspecified atom stereocenters. The van der Waals surface area contributed by atoms with Crippen LogP contribution < -0.4 is 10.6 Å². The van der Waals surface area contributed by atoms with Crippen molar-refractivity contribution in [3.8, 4) is 11.4 Å². The van der Waals surface area contributed by atoms with Gasteiger partial charge in [-0.05, 0) is 25.0 Å². The molecule has 2 aliphatic heterocycles. The Hall–Kier alpha value is -3.11. The van der Waals surface area contributed by atoms with Crippen molar-refractivity contribution in [2.75, 3.05) is 11.9 Å². The molecule has 2 aliphatic rings. The van der Waals surface area contributed by atoms with E-state index in [9.17, 15) is 14.3 Å². The summed E-state index contributed by atoms with van der Waals surface area (Å²) in [6, 6.07) is 5.31. The summed E-state index contributed by atoms with van der Waals surface area (Å²) in [5.41, 5.74) is 2.49. The van der Waals surface area contributed by atoms with E-state index < -0.39 is 12.3 Å². The summed E-state index contributed by atoms with van der Waals surface area (Å²) in [7, 11) is 0. The summed E-state index contributed by atoms with van der Waals surface area (Å²) < 4.78 is 20.6. The van der Waals surface area contributed by atoms with Crippen molar-refractivity contribution < 1.29 is 18.8 Å². The van der Waals surface area contributed by atoms with Crippen molar-refractivity contribution >= 4 is 11.6 Å². The van der Waals surface area contributed by atoms with Crippen LogP contribution in [0.2, 0.25) is 0 Å². The zero-order valence-electron chi connectivity index (χ0n) is 16.3. The molecule has 1 amide bonds. The number of imidazole rings is 1. The lowest BCUT2D eigenvalue weighted by Gasteiger charge is -2.10. The Morgan fingerprint density at radius 2 is 2.30 bits per heavy atom. The zero-order valence-corrected chi connectivity index (χ0v) is 16.3. The molecule has 1 fully saturated rings.